The molecule has 1 atom stereocenters. The van der Waals surface area contributed by atoms with Gasteiger partial charge in [0.2, 0.25) is 0 Å². The highest BCUT2D eigenvalue weighted by Crippen LogP contribution is 2.30. The highest BCUT2D eigenvalue weighted by atomic mass is 35.5. The number of benzene rings is 2. The normalized spacial score (nSPS) is 12.2. The quantitative estimate of drug-likeness (QED) is 0.843. The maximum absolute atomic E-state index is 13.5. The SMILES string of the molecule is CCCNC(c1cccc(F)c1)c1ccc(OC)c(Cl)c1. The van der Waals surface area contributed by atoms with E-state index in [1.54, 1.807) is 19.2 Å². The molecule has 0 saturated carbocycles. The molecule has 1 unspecified atom stereocenters. The molecule has 0 saturated heterocycles. The lowest BCUT2D eigenvalue weighted by Gasteiger charge is -2.20. The maximum atomic E-state index is 13.5. The Morgan fingerprint density at radius 3 is 2.57 bits per heavy atom. The minimum atomic E-state index is -0.240. The molecule has 2 rings (SSSR count). The molecule has 2 aromatic carbocycles. The van der Waals surface area contributed by atoms with Gasteiger partial charge < -0.3 is 10.1 Å². The van der Waals surface area contributed by atoms with Crippen molar-refractivity contribution < 1.29 is 9.13 Å². The maximum Gasteiger partial charge on any atom is 0.137 e. The Bertz CT molecular complexity index is 603. The fourth-order valence-electron chi connectivity index (χ4n) is 2.27. The summed E-state index contributed by atoms with van der Waals surface area (Å²) >= 11 is 6.20. The van der Waals surface area contributed by atoms with Crippen molar-refractivity contribution in [3.63, 3.8) is 0 Å². The van der Waals surface area contributed by atoms with Gasteiger partial charge in [0, 0.05) is 0 Å². The van der Waals surface area contributed by atoms with Crippen LogP contribution in [-0.2, 0) is 0 Å². The summed E-state index contributed by atoms with van der Waals surface area (Å²) in [6, 6.07) is 12.2. The van der Waals surface area contributed by atoms with Gasteiger partial charge in [0.15, 0.2) is 0 Å². The summed E-state index contributed by atoms with van der Waals surface area (Å²) in [5.74, 6) is 0.393. The molecule has 0 amide bonds. The fraction of sp³-hybridized carbons (Fsp3) is 0.294. The topological polar surface area (TPSA) is 21.3 Å². The molecule has 2 aromatic rings. The van der Waals surface area contributed by atoms with E-state index in [0.717, 1.165) is 24.1 Å². The zero-order chi connectivity index (χ0) is 15.2. The first kappa shape index (κ1) is 15.8. The summed E-state index contributed by atoms with van der Waals surface area (Å²) < 4.78 is 18.7. The number of hydrogen-bond donors (Lipinski definition) is 1. The van der Waals surface area contributed by atoms with Crippen molar-refractivity contribution in [2.75, 3.05) is 13.7 Å². The summed E-state index contributed by atoms with van der Waals surface area (Å²) in [5, 5.41) is 3.98. The highest BCUT2D eigenvalue weighted by Gasteiger charge is 2.15. The monoisotopic (exact) mass is 307 g/mol. The summed E-state index contributed by atoms with van der Waals surface area (Å²) in [6.07, 6.45) is 0.996. The number of nitrogens with one attached hydrogen (secondary N) is 1. The molecular weight excluding hydrogens is 289 g/mol. The van der Waals surface area contributed by atoms with Gasteiger partial charge in [-0.1, -0.05) is 36.7 Å². The minimum Gasteiger partial charge on any atom is -0.495 e. The van der Waals surface area contributed by atoms with Gasteiger partial charge in [0.25, 0.3) is 0 Å². The predicted octanol–water partition coefficient (Wildman–Crippen LogP) is 4.58. The minimum absolute atomic E-state index is 0.0935. The van der Waals surface area contributed by atoms with Gasteiger partial charge in [-0.15, -0.1) is 0 Å². The van der Waals surface area contributed by atoms with Crippen molar-refractivity contribution in [1.29, 1.82) is 0 Å². The third-order valence-electron chi connectivity index (χ3n) is 3.29. The lowest BCUT2D eigenvalue weighted by Crippen LogP contribution is -2.23. The van der Waals surface area contributed by atoms with Crippen LogP contribution in [0.2, 0.25) is 5.02 Å². The standard InChI is InChI=1S/C17H19ClFNO/c1-3-9-20-17(12-5-4-6-14(19)10-12)13-7-8-16(21-2)15(18)11-13/h4-8,10-11,17,20H,3,9H2,1-2H3. The van der Waals surface area contributed by atoms with Crippen LogP contribution in [0.1, 0.15) is 30.5 Å². The van der Waals surface area contributed by atoms with Crippen LogP contribution < -0.4 is 10.1 Å². The van der Waals surface area contributed by atoms with Crippen LogP contribution in [0.15, 0.2) is 42.5 Å². The van der Waals surface area contributed by atoms with E-state index in [1.165, 1.54) is 6.07 Å². The van der Waals surface area contributed by atoms with Crippen molar-refractivity contribution >= 4 is 11.6 Å². The average molecular weight is 308 g/mol. The van der Waals surface area contributed by atoms with Gasteiger partial charge in [-0.3, -0.25) is 0 Å². The Hall–Kier alpha value is -1.58. The van der Waals surface area contributed by atoms with Crippen molar-refractivity contribution in [1.82, 2.24) is 5.32 Å². The molecule has 0 radical (unpaired) electrons. The molecule has 0 heterocycles. The average Bonchev–Trinajstić information content (AvgIpc) is 2.48. The summed E-state index contributed by atoms with van der Waals surface area (Å²) in [4.78, 5) is 0. The first-order valence-corrected chi connectivity index (χ1v) is 7.35. The van der Waals surface area contributed by atoms with Crippen LogP contribution in [0, 0.1) is 5.82 Å². The zero-order valence-electron chi connectivity index (χ0n) is 12.2. The predicted molar refractivity (Wildman–Crippen MR) is 84.5 cm³/mol. The number of ether oxygens (including phenoxy) is 1. The molecular formula is C17H19ClFNO. The molecule has 112 valence electrons. The molecule has 1 N–H and O–H groups in total. The Morgan fingerprint density at radius 1 is 1.19 bits per heavy atom. The third kappa shape index (κ3) is 3.96. The smallest absolute Gasteiger partial charge is 0.137 e. The van der Waals surface area contributed by atoms with Crippen LogP contribution in [0.25, 0.3) is 0 Å². The largest absolute Gasteiger partial charge is 0.495 e. The molecule has 2 nitrogen and oxygen atoms in total. The van der Waals surface area contributed by atoms with E-state index in [1.807, 2.05) is 24.3 Å². The third-order valence-corrected chi connectivity index (χ3v) is 3.59. The van der Waals surface area contributed by atoms with Gasteiger partial charge in [-0.25, -0.2) is 4.39 Å². The van der Waals surface area contributed by atoms with Gasteiger partial charge in [0.05, 0.1) is 18.2 Å². The Kier molecular flexibility index (Phi) is 5.59. The van der Waals surface area contributed by atoms with E-state index in [2.05, 4.69) is 12.2 Å². The van der Waals surface area contributed by atoms with Crippen LogP contribution in [0.4, 0.5) is 4.39 Å². The van der Waals surface area contributed by atoms with Crippen LogP contribution >= 0.6 is 11.6 Å². The number of rotatable bonds is 6. The van der Waals surface area contributed by atoms with E-state index >= 15 is 0 Å². The van der Waals surface area contributed by atoms with Crippen molar-refractivity contribution in [3.8, 4) is 5.75 Å². The first-order valence-electron chi connectivity index (χ1n) is 6.98. The lowest BCUT2D eigenvalue weighted by molar-refractivity contribution is 0.414. The molecule has 0 spiro atoms. The Balaban J connectivity index is 2.37. The van der Waals surface area contributed by atoms with E-state index in [9.17, 15) is 4.39 Å². The fourth-order valence-corrected chi connectivity index (χ4v) is 2.53. The molecule has 0 aliphatic rings. The summed E-state index contributed by atoms with van der Waals surface area (Å²) in [7, 11) is 1.58. The van der Waals surface area contributed by atoms with Gasteiger partial charge in [-0.2, -0.15) is 0 Å². The molecule has 21 heavy (non-hydrogen) atoms. The van der Waals surface area contributed by atoms with Gasteiger partial charge in [0.1, 0.15) is 11.6 Å². The molecule has 0 bridgehead atoms. The van der Waals surface area contributed by atoms with Gasteiger partial charge in [-0.05, 0) is 48.4 Å². The number of methoxy groups -OCH3 is 1. The molecule has 0 aromatic heterocycles. The molecule has 0 aliphatic carbocycles. The van der Waals surface area contributed by atoms with E-state index in [0.29, 0.717) is 10.8 Å². The van der Waals surface area contributed by atoms with Gasteiger partial charge >= 0.3 is 0 Å². The Morgan fingerprint density at radius 2 is 1.95 bits per heavy atom. The lowest BCUT2D eigenvalue weighted by atomic mass is 9.98. The van der Waals surface area contributed by atoms with E-state index < -0.39 is 0 Å². The van der Waals surface area contributed by atoms with Crippen LogP contribution in [0.3, 0.4) is 0 Å². The Labute approximate surface area is 129 Å². The second kappa shape index (κ2) is 7.43. The number of hydrogen-bond acceptors (Lipinski definition) is 2. The second-order valence-corrected chi connectivity index (χ2v) is 5.24. The highest BCUT2D eigenvalue weighted by molar-refractivity contribution is 6.32. The van der Waals surface area contributed by atoms with Crippen LogP contribution in [0.5, 0.6) is 5.75 Å². The van der Waals surface area contributed by atoms with E-state index in [4.69, 9.17) is 16.3 Å². The second-order valence-electron chi connectivity index (χ2n) is 4.84. The molecule has 4 heteroatoms. The van der Waals surface area contributed by atoms with Crippen molar-refractivity contribution in [2.24, 2.45) is 0 Å². The zero-order valence-corrected chi connectivity index (χ0v) is 13.0. The summed E-state index contributed by atoms with van der Waals surface area (Å²) in [5.41, 5.74) is 1.87. The molecule has 0 fully saturated rings. The number of halogens is 2. The van der Waals surface area contributed by atoms with Crippen LogP contribution in [-0.4, -0.2) is 13.7 Å². The van der Waals surface area contributed by atoms with Crippen molar-refractivity contribution in [3.05, 3.63) is 64.4 Å². The first-order chi connectivity index (χ1) is 10.2. The molecule has 0 aliphatic heterocycles. The van der Waals surface area contributed by atoms with Crippen molar-refractivity contribution in [2.45, 2.75) is 19.4 Å². The van der Waals surface area contributed by atoms with E-state index in [-0.39, 0.29) is 11.9 Å². The summed E-state index contributed by atoms with van der Waals surface area (Å²) in [6.45, 7) is 2.93.